The van der Waals surface area contributed by atoms with Gasteiger partial charge in [-0.3, -0.25) is 0 Å². The van der Waals surface area contributed by atoms with Crippen molar-refractivity contribution in [1.29, 1.82) is 5.26 Å². The molecule has 6 heteroatoms. The fourth-order valence-corrected chi connectivity index (χ4v) is 3.59. The molecule has 2 heterocycles. The molecule has 2 aromatic carbocycles. The number of nitriles is 1. The second kappa shape index (κ2) is 7.51. The van der Waals surface area contributed by atoms with Crippen LogP contribution in [0.3, 0.4) is 0 Å². The highest BCUT2D eigenvalue weighted by Crippen LogP contribution is 2.28. The molecule has 0 atom stereocenters. The van der Waals surface area contributed by atoms with E-state index in [4.69, 9.17) is 9.15 Å². The van der Waals surface area contributed by atoms with Crippen LogP contribution in [0, 0.1) is 11.3 Å². The molecular weight excluding hydrogens is 372 g/mol. The van der Waals surface area contributed by atoms with Crippen molar-refractivity contribution < 1.29 is 9.15 Å². The molecule has 0 fully saturated rings. The third-order valence-corrected chi connectivity index (χ3v) is 5.05. The first kappa shape index (κ1) is 17.7. The molecule has 0 radical (unpaired) electrons. The first-order valence-corrected chi connectivity index (χ1v) is 9.31. The fraction of sp³-hybridized carbons (Fsp3) is 0.0455. The molecule has 4 rings (SSSR count). The Hall–Kier alpha value is -3.69. The average Bonchev–Trinajstić information content (AvgIpc) is 3.21. The van der Waals surface area contributed by atoms with Gasteiger partial charge in [0, 0.05) is 10.8 Å². The van der Waals surface area contributed by atoms with Gasteiger partial charge in [-0.25, -0.2) is 9.78 Å². The van der Waals surface area contributed by atoms with Crippen molar-refractivity contribution in [2.45, 2.75) is 0 Å². The molecule has 28 heavy (non-hydrogen) atoms. The van der Waals surface area contributed by atoms with E-state index in [0.717, 1.165) is 10.9 Å². The summed E-state index contributed by atoms with van der Waals surface area (Å²) in [5, 5.41) is 12.7. The zero-order valence-corrected chi connectivity index (χ0v) is 15.7. The van der Waals surface area contributed by atoms with E-state index < -0.39 is 5.63 Å². The van der Waals surface area contributed by atoms with Gasteiger partial charge in [0.05, 0.1) is 23.9 Å². The van der Waals surface area contributed by atoms with Crippen LogP contribution in [0.15, 0.2) is 69.2 Å². The van der Waals surface area contributed by atoms with E-state index in [0.29, 0.717) is 33.2 Å². The van der Waals surface area contributed by atoms with Crippen LogP contribution in [-0.4, -0.2) is 12.1 Å². The molecule has 0 spiro atoms. The van der Waals surface area contributed by atoms with Gasteiger partial charge in [0.25, 0.3) is 0 Å². The topological polar surface area (TPSA) is 76.1 Å². The molecule has 2 aromatic heterocycles. The van der Waals surface area contributed by atoms with Crippen molar-refractivity contribution >= 4 is 34.0 Å². The van der Waals surface area contributed by atoms with Crippen LogP contribution in [0.1, 0.15) is 10.6 Å². The van der Waals surface area contributed by atoms with E-state index in [1.807, 2.05) is 42.5 Å². The van der Waals surface area contributed by atoms with Crippen molar-refractivity contribution in [3.8, 4) is 23.1 Å². The first-order chi connectivity index (χ1) is 13.7. The van der Waals surface area contributed by atoms with Gasteiger partial charge < -0.3 is 9.15 Å². The number of aromatic nitrogens is 1. The van der Waals surface area contributed by atoms with Crippen LogP contribution in [0.2, 0.25) is 0 Å². The lowest BCUT2D eigenvalue weighted by Crippen LogP contribution is -2.02. The van der Waals surface area contributed by atoms with Crippen LogP contribution < -0.4 is 10.4 Å². The lowest BCUT2D eigenvalue weighted by Gasteiger charge is -2.01. The third-order valence-electron chi connectivity index (χ3n) is 4.18. The minimum Gasteiger partial charge on any atom is -0.497 e. The highest BCUT2D eigenvalue weighted by molar-refractivity contribution is 7.11. The number of hydrogen-bond donors (Lipinski definition) is 0. The number of nitrogens with zero attached hydrogens (tertiary/aromatic N) is 2. The molecule has 0 aliphatic heterocycles. The number of ether oxygens (including phenoxy) is 1. The zero-order valence-electron chi connectivity index (χ0n) is 14.9. The van der Waals surface area contributed by atoms with Crippen LogP contribution in [0.4, 0.5) is 0 Å². The summed E-state index contributed by atoms with van der Waals surface area (Å²) in [5.74, 6) is 0.708. The van der Waals surface area contributed by atoms with Crippen LogP contribution in [-0.2, 0) is 0 Å². The van der Waals surface area contributed by atoms with Crippen molar-refractivity contribution in [3.63, 3.8) is 0 Å². The summed E-state index contributed by atoms with van der Waals surface area (Å²) in [6.07, 6.45) is 1.74. The van der Waals surface area contributed by atoms with Crippen molar-refractivity contribution in [2.75, 3.05) is 7.11 Å². The lowest BCUT2D eigenvalue weighted by atomic mass is 10.1. The fourth-order valence-electron chi connectivity index (χ4n) is 2.80. The van der Waals surface area contributed by atoms with E-state index >= 15 is 0 Å². The number of benzene rings is 2. The van der Waals surface area contributed by atoms with Gasteiger partial charge >= 0.3 is 5.63 Å². The zero-order chi connectivity index (χ0) is 19.5. The third kappa shape index (κ3) is 3.43. The smallest absolute Gasteiger partial charge is 0.345 e. The van der Waals surface area contributed by atoms with Gasteiger partial charge in [0.2, 0.25) is 0 Å². The number of thiazole rings is 1. The Bertz CT molecular complexity index is 1290. The van der Waals surface area contributed by atoms with E-state index in [9.17, 15) is 10.1 Å². The molecule has 0 N–H and O–H groups in total. The van der Waals surface area contributed by atoms with E-state index in [-0.39, 0.29) is 0 Å². The molecule has 0 saturated heterocycles. The first-order valence-electron chi connectivity index (χ1n) is 8.43. The quantitative estimate of drug-likeness (QED) is 0.365. The molecule has 0 bridgehead atoms. The van der Waals surface area contributed by atoms with Crippen molar-refractivity contribution in [3.05, 3.63) is 81.0 Å². The highest BCUT2D eigenvalue weighted by atomic mass is 32.1. The number of fused-ring (bicyclic) bond motifs is 1. The normalized spacial score (nSPS) is 11.4. The van der Waals surface area contributed by atoms with Gasteiger partial charge in [-0.2, -0.15) is 5.26 Å². The maximum absolute atomic E-state index is 12.3. The molecule has 136 valence electrons. The van der Waals surface area contributed by atoms with Gasteiger partial charge in [0.15, 0.2) is 0 Å². The summed E-state index contributed by atoms with van der Waals surface area (Å²) >= 11 is 1.31. The number of rotatable bonds is 4. The van der Waals surface area contributed by atoms with E-state index in [1.165, 1.54) is 11.3 Å². The summed E-state index contributed by atoms with van der Waals surface area (Å²) in [7, 11) is 1.59. The molecule has 0 aliphatic carbocycles. The number of methoxy groups -OCH3 is 1. The molecule has 0 saturated carbocycles. The highest BCUT2D eigenvalue weighted by Gasteiger charge is 2.13. The average molecular weight is 386 g/mol. The monoisotopic (exact) mass is 386 g/mol. The molecule has 0 amide bonds. The van der Waals surface area contributed by atoms with Gasteiger partial charge in [-0.05, 0) is 35.9 Å². The van der Waals surface area contributed by atoms with Crippen LogP contribution in [0.25, 0.3) is 33.9 Å². The largest absolute Gasteiger partial charge is 0.497 e. The molecular formula is C22H14N2O3S. The summed E-state index contributed by atoms with van der Waals surface area (Å²) in [5.41, 5.74) is 2.19. The molecule has 0 unspecified atom stereocenters. The summed E-state index contributed by atoms with van der Waals surface area (Å²) in [6, 6.07) is 18.7. The second-order valence-corrected chi connectivity index (χ2v) is 6.83. The van der Waals surface area contributed by atoms with Gasteiger partial charge in [-0.1, -0.05) is 30.3 Å². The second-order valence-electron chi connectivity index (χ2n) is 5.97. The predicted octanol–water partition coefficient (Wildman–Crippen LogP) is 4.99. The maximum Gasteiger partial charge on any atom is 0.345 e. The molecule has 4 aromatic rings. The number of allylic oxidation sites excluding steroid dienone is 1. The maximum atomic E-state index is 12.3. The summed E-state index contributed by atoms with van der Waals surface area (Å²) in [4.78, 5) is 16.8. The Kier molecular flexibility index (Phi) is 4.75. The van der Waals surface area contributed by atoms with Crippen molar-refractivity contribution in [1.82, 2.24) is 4.98 Å². The van der Waals surface area contributed by atoms with Gasteiger partial charge in [0.1, 0.15) is 22.4 Å². The summed E-state index contributed by atoms with van der Waals surface area (Å²) < 4.78 is 10.6. The number of hydrogen-bond acceptors (Lipinski definition) is 6. The molecule has 0 aliphatic rings. The Morgan fingerprint density at radius 3 is 2.89 bits per heavy atom. The van der Waals surface area contributed by atoms with Crippen molar-refractivity contribution in [2.24, 2.45) is 0 Å². The van der Waals surface area contributed by atoms with Crippen LogP contribution in [0.5, 0.6) is 5.75 Å². The standard InChI is InChI=1S/C22H14N2O3S/c1-26-17-7-4-5-14(10-17)9-16(12-23)21-24-19(13-28-21)18-11-15-6-2-3-8-20(15)27-22(18)25/h2-11,13H,1H3/b16-9+. The van der Waals surface area contributed by atoms with Crippen LogP contribution >= 0.6 is 11.3 Å². The lowest BCUT2D eigenvalue weighted by molar-refractivity contribution is 0.414. The molecule has 5 nitrogen and oxygen atoms in total. The SMILES string of the molecule is COc1cccc(/C=C(\C#N)c2nc(-c3cc4ccccc4oc3=O)cs2)c1. The predicted molar refractivity (Wildman–Crippen MR) is 110 cm³/mol. The summed E-state index contributed by atoms with van der Waals surface area (Å²) in [6.45, 7) is 0. The Morgan fingerprint density at radius 2 is 2.07 bits per heavy atom. The van der Waals surface area contributed by atoms with E-state index in [2.05, 4.69) is 11.1 Å². The minimum atomic E-state index is -0.453. The number of para-hydroxylation sites is 1. The van der Waals surface area contributed by atoms with E-state index in [1.54, 1.807) is 30.7 Å². The minimum absolute atomic E-state index is 0.375. The Labute approximate surface area is 164 Å². The Morgan fingerprint density at radius 1 is 1.21 bits per heavy atom. The van der Waals surface area contributed by atoms with Gasteiger partial charge in [-0.15, -0.1) is 11.3 Å². The Balaban J connectivity index is 1.74.